The number of amides is 1. The minimum atomic E-state index is -0.0282. The zero-order valence-electron chi connectivity index (χ0n) is 12.6. The van der Waals surface area contributed by atoms with Crippen LogP contribution in [0.4, 0.5) is 0 Å². The predicted octanol–water partition coefficient (Wildman–Crippen LogP) is 1.89. The number of nitrogens with zero attached hydrogens (tertiary/aromatic N) is 1. The Hall–Kier alpha value is -1.55. The van der Waals surface area contributed by atoms with Crippen LogP contribution in [0.2, 0.25) is 0 Å². The molecule has 110 valence electrons. The van der Waals surface area contributed by atoms with E-state index in [4.69, 9.17) is 4.74 Å². The molecule has 1 aliphatic heterocycles. The van der Waals surface area contributed by atoms with E-state index in [2.05, 4.69) is 23.3 Å². The molecular weight excluding hydrogens is 252 g/mol. The fourth-order valence-electron chi connectivity index (χ4n) is 2.53. The Kier molecular flexibility index (Phi) is 5.01. The van der Waals surface area contributed by atoms with Crippen LogP contribution in [0.25, 0.3) is 0 Å². The van der Waals surface area contributed by atoms with Crippen LogP contribution in [-0.2, 0) is 4.79 Å². The Morgan fingerprint density at radius 2 is 2.05 bits per heavy atom. The van der Waals surface area contributed by atoms with E-state index < -0.39 is 0 Å². The molecule has 2 rings (SSSR count). The van der Waals surface area contributed by atoms with E-state index >= 15 is 0 Å². The minimum absolute atomic E-state index is 0.0282. The molecule has 1 amide bonds. The van der Waals surface area contributed by atoms with Gasteiger partial charge in [0.15, 0.2) is 6.61 Å². The van der Waals surface area contributed by atoms with Gasteiger partial charge in [0.1, 0.15) is 5.75 Å². The molecule has 1 heterocycles. The van der Waals surface area contributed by atoms with Crippen molar-refractivity contribution in [2.24, 2.45) is 0 Å². The summed E-state index contributed by atoms with van der Waals surface area (Å²) in [5, 5.41) is 3.05. The van der Waals surface area contributed by atoms with E-state index in [1.54, 1.807) is 0 Å². The summed E-state index contributed by atoms with van der Waals surface area (Å²) in [6.45, 7) is 6.22. The monoisotopic (exact) mass is 276 g/mol. The lowest BCUT2D eigenvalue weighted by Crippen LogP contribution is -2.44. The lowest BCUT2D eigenvalue weighted by atomic mass is 10.1. The smallest absolute Gasteiger partial charge is 0.258 e. The zero-order valence-corrected chi connectivity index (χ0v) is 12.6. The third kappa shape index (κ3) is 4.23. The average Bonchev–Trinajstić information content (AvgIpc) is 2.40. The van der Waals surface area contributed by atoms with Crippen LogP contribution < -0.4 is 10.1 Å². The summed E-state index contributed by atoms with van der Waals surface area (Å²) in [6.07, 6.45) is 2.04. The largest absolute Gasteiger partial charge is 0.484 e. The molecular formula is C16H24N2O2. The lowest BCUT2D eigenvalue weighted by Gasteiger charge is -2.29. The summed E-state index contributed by atoms with van der Waals surface area (Å²) in [5.41, 5.74) is 2.27. The zero-order chi connectivity index (χ0) is 14.5. The van der Waals surface area contributed by atoms with Crippen LogP contribution in [0.3, 0.4) is 0 Å². The van der Waals surface area contributed by atoms with Crippen molar-refractivity contribution in [2.45, 2.75) is 32.7 Å². The van der Waals surface area contributed by atoms with E-state index in [1.165, 1.54) is 5.56 Å². The van der Waals surface area contributed by atoms with Gasteiger partial charge in [-0.3, -0.25) is 4.79 Å². The van der Waals surface area contributed by atoms with Gasteiger partial charge in [-0.15, -0.1) is 0 Å². The second-order valence-electron chi connectivity index (χ2n) is 5.70. The SMILES string of the molecule is Cc1ccc(OCC(=O)NC2CCN(C)CC2)c(C)c1. The predicted molar refractivity (Wildman–Crippen MR) is 80.1 cm³/mol. The van der Waals surface area contributed by atoms with Gasteiger partial charge < -0.3 is 15.0 Å². The van der Waals surface area contributed by atoms with E-state index in [0.717, 1.165) is 37.2 Å². The third-order valence-electron chi connectivity index (χ3n) is 3.77. The van der Waals surface area contributed by atoms with Gasteiger partial charge in [0.25, 0.3) is 5.91 Å². The molecule has 0 radical (unpaired) electrons. The van der Waals surface area contributed by atoms with Gasteiger partial charge in [-0.25, -0.2) is 0 Å². The molecule has 0 atom stereocenters. The van der Waals surface area contributed by atoms with Gasteiger partial charge in [0.05, 0.1) is 0 Å². The van der Waals surface area contributed by atoms with Crippen molar-refractivity contribution in [2.75, 3.05) is 26.7 Å². The number of carbonyl (C=O) groups excluding carboxylic acids is 1. The highest BCUT2D eigenvalue weighted by Gasteiger charge is 2.18. The van der Waals surface area contributed by atoms with Gasteiger partial charge in [-0.05, 0) is 58.5 Å². The highest BCUT2D eigenvalue weighted by molar-refractivity contribution is 5.77. The average molecular weight is 276 g/mol. The number of piperidine rings is 1. The molecule has 0 aromatic heterocycles. The van der Waals surface area contributed by atoms with Crippen LogP contribution in [0.5, 0.6) is 5.75 Å². The first-order chi connectivity index (χ1) is 9.54. The van der Waals surface area contributed by atoms with Gasteiger partial charge in [0, 0.05) is 6.04 Å². The topological polar surface area (TPSA) is 41.6 Å². The molecule has 1 saturated heterocycles. The van der Waals surface area contributed by atoms with Crippen LogP contribution in [0, 0.1) is 13.8 Å². The van der Waals surface area contributed by atoms with Gasteiger partial charge in [-0.1, -0.05) is 17.7 Å². The summed E-state index contributed by atoms with van der Waals surface area (Å²) in [6, 6.07) is 6.27. The van der Waals surface area contributed by atoms with Crippen molar-refractivity contribution in [1.29, 1.82) is 0 Å². The van der Waals surface area contributed by atoms with Crippen molar-refractivity contribution in [1.82, 2.24) is 10.2 Å². The molecule has 0 unspecified atom stereocenters. The van der Waals surface area contributed by atoms with E-state index in [9.17, 15) is 4.79 Å². The molecule has 1 aromatic rings. The molecule has 4 heteroatoms. The van der Waals surface area contributed by atoms with Crippen LogP contribution in [0.15, 0.2) is 18.2 Å². The van der Waals surface area contributed by atoms with Crippen LogP contribution in [0.1, 0.15) is 24.0 Å². The Labute approximate surface area is 121 Å². The number of benzene rings is 1. The van der Waals surface area contributed by atoms with Gasteiger partial charge in [-0.2, -0.15) is 0 Å². The molecule has 0 saturated carbocycles. The summed E-state index contributed by atoms with van der Waals surface area (Å²) in [5.74, 6) is 0.758. The Morgan fingerprint density at radius 1 is 1.35 bits per heavy atom. The maximum Gasteiger partial charge on any atom is 0.258 e. The van der Waals surface area contributed by atoms with Gasteiger partial charge >= 0.3 is 0 Å². The molecule has 0 spiro atoms. The first kappa shape index (κ1) is 14.9. The fraction of sp³-hybridized carbons (Fsp3) is 0.562. The van der Waals surface area contributed by atoms with Crippen LogP contribution in [-0.4, -0.2) is 43.6 Å². The van der Waals surface area contributed by atoms with E-state index in [0.29, 0.717) is 6.04 Å². The lowest BCUT2D eigenvalue weighted by molar-refractivity contribution is -0.124. The number of aryl methyl sites for hydroxylation is 2. The summed E-state index contributed by atoms with van der Waals surface area (Å²) < 4.78 is 5.59. The van der Waals surface area contributed by atoms with E-state index in [-0.39, 0.29) is 12.5 Å². The summed E-state index contributed by atoms with van der Waals surface area (Å²) in [4.78, 5) is 14.2. The molecule has 0 bridgehead atoms. The second kappa shape index (κ2) is 6.75. The molecule has 0 aliphatic carbocycles. The first-order valence-electron chi connectivity index (χ1n) is 7.22. The molecule has 20 heavy (non-hydrogen) atoms. The van der Waals surface area contributed by atoms with Crippen LogP contribution >= 0.6 is 0 Å². The quantitative estimate of drug-likeness (QED) is 0.913. The number of ether oxygens (including phenoxy) is 1. The summed E-state index contributed by atoms with van der Waals surface area (Å²) in [7, 11) is 2.11. The van der Waals surface area contributed by atoms with Crippen molar-refractivity contribution in [3.63, 3.8) is 0 Å². The Balaban J connectivity index is 1.77. The first-order valence-corrected chi connectivity index (χ1v) is 7.22. The minimum Gasteiger partial charge on any atom is -0.484 e. The molecule has 4 nitrogen and oxygen atoms in total. The fourth-order valence-corrected chi connectivity index (χ4v) is 2.53. The van der Waals surface area contributed by atoms with Crippen molar-refractivity contribution >= 4 is 5.91 Å². The van der Waals surface area contributed by atoms with Gasteiger partial charge in [0.2, 0.25) is 0 Å². The number of nitrogens with one attached hydrogen (secondary N) is 1. The summed E-state index contributed by atoms with van der Waals surface area (Å²) >= 11 is 0. The third-order valence-corrected chi connectivity index (χ3v) is 3.77. The Morgan fingerprint density at radius 3 is 2.70 bits per heavy atom. The highest BCUT2D eigenvalue weighted by atomic mass is 16.5. The maximum absolute atomic E-state index is 11.9. The molecule has 1 aromatic carbocycles. The number of carbonyl (C=O) groups is 1. The van der Waals surface area contributed by atoms with Crippen molar-refractivity contribution in [3.8, 4) is 5.75 Å². The Bertz CT molecular complexity index is 466. The normalized spacial score (nSPS) is 16.9. The number of hydrogen-bond donors (Lipinski definition) is 1. The van der Waals surface area contributed by atoms with Crippen molar-refractivity contribution in [3.05, 3.63) is 29.3 Å². The van der Waals surface area contributed by atoms with Crippen molar-refractivity contribution < 1.29 is 9.53 Å². The molecule has 1 fully saturated rings. The maximum atomic E-state index is 11.9. The number of likely N-dealkylation sites (tertiary alicyclic amines) is 1. The number of rotatable bonds is 4. The van der Waals surface area contributed by atoms with E-state index in [1.807, 2.05) is 26.0 Å². The molecule has 1 N–H and O–H groups in total. The second-order valence-corrected chi connectivity index (χ2v) is 5.70. The molecule has 1 aliphatic rings. The highest BCUT2D eigenvalue weighted by Crippen LogP contribution is 2.18. The standard InChI is InChI=1S/C16H24N2O2/c1-12-4-5-15(13(2)10-12)20-11-16(19)17-14-6-8-18(3)9-7-14/h4-5,10,14H,6-9,11H2,1-3H3,(H,17,19). The number of hydrogen-bond acceptors (Lipinski definition) is 3.